The molecule has 4 heteroatoms. The normalized spacial score (nSPS) is 13.3. The summed E-state index contributed by atoms with van der Waals surface area (Å²) in [7, 11) is 3.48. The number of aryl methyl sites for hydroxylation is 1. The lowest BCUT2D eigenvalue weighted by Gasteiger charge is -2.21. The van der Waals surface area contributed by atoms with Crippen LogP contribution in [-0.2, 0) is 12.5 Å². The summed E-state index contributed by atoms with van der Waals surface area (Å²) < 4.78 is 7.08. The largest absolute Gasteiger partial charge is 0.496 e. The van der Waals surface area contributed by atoms with Gasteiger partial charge in [-0.2, -0.15) is 5.10 Å². The van der Waals surface area contributed by atoms with E-state index in [1.807, 2.05) is 37.5 Å². The Bertz CT molecular complexity index is 597. The first-order chi connectivity index (χ1) is 9.34. The van der Waals surface area contributed by atoms with Crippen LogP contribution in [0.5, 0.6) is 5.75 Å². The zero-order valence-corrected chi connectivity index (χ0v) is 12.7. The van der Waals surface area contributed by atoms with Crippen molar-refractivity contribution in [2.24, 2.45) is 7.05 Å². The average Bonchev–Trinajstić information content (AvgIpc) is 2.80. The van der Waals surface area contributed by atoms with E-state index < -0.39 is 6.10 Å². The van der Waals surface area contributed by atoms with Gasteiger partial charge >= 0.3 is 0 Å². The molecule has 0 aliphatic carbocycles. The molecular formula is C16H22N2O2. The van der Waals surface area contributed by atoms with Gasteiger partial charge in [0.1, 0.15) is 11.9 Å². The first-order valence-corrected chi connectivity index (χ1v) is 6.69. The monoisotopic (exact) mass is 274 g/mol. The van der Waals surface area contributed by atoms with Gasteiger partial charge < -0.3 is 9.84 Å². The second kappa shape index (κ2) is 5.29. The van der Waals surface area contributed by atoms with Crippen LogP contribution in [0.15, 0.2) is 30.5 Å². The molecule has 20 heavy (non-hydrogen) atoms. The Labute approximate surface area is 120 Å². The maximum absolute atomic E-state index is 10.7. The lowest BCUT2D eigenvalue weighted by molar-refractivity contribution is 0.212. The fraction of sp³-hybridized carbons (Fsp3) is 0.438. The van der Waals surface area contributed by atoms with Crippen LogP contribution < -0.4 is 4.74 Å². The summed E-state index contributed by atoms with van der Waals surface area (Å²) in [6.45, 7) is 6.27. The highest BCUT2D eigenvalue weighted by molar-refractivity contribution is 5.42. The molecule has 1 unspecified atom stereocenters. The molecular weight excluding hydrogens is 252 g/mol. The Morgan fingerprint density at radius 3 is 2.45 bits per heavy atom. The number of para-hydroxylation sites is 1. The molecule has 108 valence electrons. The van der Waals surface area contributed by atoms with Crippen molar-refractivity contribution in [2.45, 2.75) is 32.3 Å². The van der Waals surface area contributed by atoms with Gasteiger partial charge in [-0.3, -0.25) is 4.68 Å². The van der Waals surface area contributed by atoms with E-state index >= 15 is 0 Å². The van der Waals surface area contributed by atoms with Crippen LogP contribution in [0.3, 0.4) is 0 Å². The van der Waals surface area contributed by atoms with E-state index in [-0.39, 0.29) is 5.41 Å². The van der Waals surface area contributed by atoms with Gasteiger partial charge in [-0.05, 0) is 6.07 Å². The van der Waals surface area contributed by atoms with Crippen LogP contribution in [0.2, 0.25) is 0 Å². The third kappa shape index (κ3) is 2.70. The smallest absolute Gasteiger partial charge is 0.125 e. The van der Waals surface area contributed by atoms with E-state index in [0.29, 0.717) is 5.75 Å². The standard InChI is InChI=1S/C16H22N2O2/c1-16(2,3)15-12(10-18(4)17-15)14(19)11-8-6-7-9-13(11)20-5/h6-10,14,19H,1-5H3. The first-order valence-electron chi connectivity index (χ1n) is 6.69. The van der Waals surface area contributed by atoms with E-state index in [1.54, 1.807) is 11.8 Å². The number of methoxy groups -OCH3 is 1. The minimum Gasteiger partial charge on any atom is -0.496 e. The Morgan fingerprint density at radius 1 is 1.20 bits per heavy atom. The van der Waals surface area contributed by atoms with Gasteiger partial charge in [0.25, 0.3) is 0 Å². The molecule has 0 bridgehead atoms. The van der Waals surface area contributed by atoms with Crippen molar-refractivity contribution in [2.75, 3.05) is 7.11 Å². The van der Waals surface area contributed by atoms with E-state index in [2.05, 4.69) is 25.9 Å². The second-order valence-electron chi connectivity index (χ2n) is 6.00. The molecule has 2 rings (SSSR count). The zero-order valence-electron chi connectivity index (χ0n) is 12.7. The summed E-state index contributed by atoms with van der Waals surface area (Å²) >= 11 is 0. The maximum Gasteiger partial charge on any atom is 0.125 e. The van der Waals surface area contributed by atoms with Crippen LogP contribution in [-0.4, -0.2) is 22.0 Å². The molecule has 0 aliphatic heterocycles. The highest BCUT2D eigenvalue weighted by Gasteiger charge is 2.27. The van der Waals surface area contributed by atoms with Crippen LogP contribution in [0.4, 0.5) is 0 Å². The number of hydrogen-bond acceptors (Lipinski definition) is 3. The quantitative estimate of drug-likeness (QED) is 0.936. The van der Waals surface area contributed by atoms with Gasteiger partial charge in [0.05, 0.1) is 12.8 Å². The van der Waals surface area contributed by atoms with E-state index in [9.17, 15) is 5.11 Å². The van der Waals surface area contributed by atoms with Crippen molar-refractivity contribution in [1.82, 2.24) is 9.78 Å². The van der Waals surface area contributed by atoms with Gasteiger partial charge in [-0.15, -0.1) is 0 Å². The topological polar surface area (TPSA) is 47.3 Å². The Kier molecular flexibility index (Phi) is 3.86. The zero-order chi connectivity index (χ0) is 14.9. The molecule has 1 aromatic heterocycles. The molecule has 2 aromatic rings. The van der Waals surface area contributed by atoms with Crippen molar-refractivity contribution in [3.8, 4) is 5.75 Å². The van der Waals surface area contributed by atoms with Crippen molar-refractivity contribution in [3.05, 3.63) is 47.3 Å². The van der Waals surface area contributed by atoms with Crippen molar-refractivity contribution in [1.29, 1.82) is 0 Å². The van der Waals surface area contributed by atoms with Gasteiger partial charge in [-0.1, -0.05) is 39.0 Å². The fourth-order valence-corrected chi connectivity index (χ4v) is 2.35. The summed E-state index contributed by atoms with van der Waals surface area (Å²) in [6.07, 6.45) is 1.13. The molecule has 1 N–H and O–H groups in total. The number of rotatable bonds is 3. The highest BCUT2D eigenvalue weighted by atomic mass is 16.5. The molecule has 1 heterocycles. The van der Waals surface area contributed by atoms with Crippen LogP contribution in [0, 0.1) is 0 Å². The van der Waals surface area contributed by atoms with Crippen molar-refractivity contribution in [3.63, 3.8) is 0 Å². The Hall–Kier alpha value is -1.81. The number of aromatic nitrogens is 2. The number of aliphatic hydroxyl groups excluding tert-OH is 1. The lowest BCUT2D eigenvalue weighted by Crippen LogP contribution is -2.16. The second-order valence-corrected chi connectivity index (χ2v) is 6.00. The molecule has 1 aromatic carbocycles. The van der Waals surface area contributed by atoms with Gasteiger partial charge in [0, 0.05) is 29.8 Å². The predicted molar refractivity (Wildman–Crippen MR) is 79.0 cm³/mol. The lowest BCUT2D eigenvalue weighted by atomic mass is 9.87. The number of ether oxygens (including phenoxy) is 1. The first kappa shape index (κ1) is 14.6. The molecule has 0 spiro atoms. The van der Waals surface area contributed by atoms with E-state index in [4.69, 9.17) is 4.74 Å². The van der Waals surface area contributed by atoms with Crippen molar-refractivity contribution < 1.29 is 9.84 Å². The Balaban J connectivity index is 2.51. The Morgan fingerprint density at radius 2 is 1.85 bits per heavy atom. The predicted octanol–water partition coefficient (Wildman–Crippen LogP) is 2.81. The summed E-state index contributed by atoms with van der Waals surface area (Å²) in [5.41, 5.74) is 2.36. The van der Waals surface area contributed by atoms with E-state index in [0.717, 1.165) is 16.8 Å². The van der Waals surface area contributed by atoms with Crippen LogP contribution >= 0.6 is 0 Å². The fourth-order valence-electron chi connectivity index (χ4n) is 2.35. The molecule has 4 nitrogen and oxygen atoms in total. The minimum absolute atomic E-state index is 0.125. The van der Waals surface area contributed by atoms with E-state index in [1.165, 1.54) is 0 Å². The summed E-state index contributed by atoms with van der Waals surface area (Å²) in [4.78, 5) is 0. The average molecular weight is 274 g/mol. The molecule has 0 amide bonds. The molecule has 0 radical (unpaired) electrons. The van der Waals surface area contributed by atoms with Gasteiger partial charge in [0.2, 0.25) is 0 Å². The van der Waals surface area contributed by atoms with Crippen LogP contribution in [0.1, 0.15) is 43.7 Å². The molecule has 0 aliphatic rings. The van der Waals surface area contributed by atoms with Crippen LogP contribution in [0.25, 0.3) is 0 Å². The molecule has 1 atom stereocenters. The van der Waals surface area contributed by atoms with Crippen molar-refractivity contribution >= 4 is 0 Å². The molecule has 0 saturated carbocycles. The number of aliphatic hydroxyl groups is 1. The SMILES string of the molecule is COc1ccccc1C(O)c1cn(C)nc1C(C)(C)C. The third-order valence-electron chi connectivity index (χ3n) is 3.30. The highest BCUT2D eigenvalue weighted by Crippen LogP contribution is 2.35. The maximum atomic E-state index is 10.7. The summed E-state index contributed by atoms with van der Waals surface area (Å²) in [5, 5.41) is 15.2. The van der Waals surface area contributed by atoms with Gasteiger partial charge in [-0.25, -0.2) is 0 Å². The summed E-state index contributed by atoms with van der Waals surface area (Å²) in [5.74, 6) is 0.684. The minimum atomic E-state index is -0.742. The number of benzene rings is 1. The number of nitrogens with zero attached hydrogens (tertiary/aromatic N) is 2. The summed E-state index contributed by atoms with van der Waals surface area (Å²) in [6, 6.07) is 7.52. The number of hydrogen-bond donors (Lipinski definition) is 1. The molecule has 0 saturated heterocycles. The molecule has 0 fully saturated rings. The third-order valence-corrected chi connectivity index (χ3v) is 3.30. The van der Waals surface area contributed by atoms with Gasteiger partial charge in [0.15, 0.2) is 0 Å².